The van der Waals surface area contributed by atoms with Crippen molar-refractivity contribution in [3.05, 3.63) is 56.7 Å². The number of aromatic nitrogens is 2. The minimum Gasteiger partial charge on any atom is -0.376 e. The number of nitrogens with one attached hydrogen (secondary N) is 2. The smallest absolute Gasteiger partial charge is 0.285 e. The van der Waals surface area contributed by atoms with Crippen LogP contribution in [0.4, 0.5) is 10.1 Å². The molecule has 4 nitrogen and oxygen atoms in total. The highest BCUT2D eigenvalue weighted by molar-refractivity contribution is 6.32. The molecule has 0 radical (unpaired) electrons. The molecule has 0 spiro atoms. The molecule has 0 aliphatic heterocycles. The van der Waals surface area contributed by atoms with Gasteiger partial charge in [-0.15, -0.1) is 0 Å². The second kappa shape index (κ2) is 5.40. The molecule has 2 rings (SSSR count). The van der Waals surface area contributed by atoms with Gasteiger partial charge in [0, 0.05) is 6.04 Å². The molecule has 0 fully saturated rings. The lowest BCUT2D eigenvalue weighted by Gasteiger charge is -2.16. The van der Waals surface area contributed by atoms with Crippen LogP contribution in [0.1, 0.15) is 24.1 Å². The van der Waals surface area contributed by atoms with Gasteiger partial charge >= 0.3 is 0 Å². The molecule has 0 saturated heterocycles. The van der Waals surface area contributed by atoms with Gasteiger partial charge in [-0.05, 0) is 31.0 Å². The predicted octanol–water partition coefficient (Wildman–Crippen LogP) is 3.04. The van der Waals surface area contributed by atoms with E-state index in [-0.39, 0.29) is 16.9 Å². The highest BCUT2D eigenvalue weighted by Gasteiger charge is 2.11. The molecular weight excluding hydrogens is 269 g/mol. The summed E-state index contributed by atoms with van der Waals surface area (Å²) in [6.45, 7) is 3.55. The Morgan fingerprint density at radius 1 is 1.47 bits per heavy atom. The average Bonchev–Trinajstić information content (AvgIpc) is 2.38. The topological polar surface area (TPSA) is 57.8 Å². The number of anilines is 1. The molecular formula is C13H13ClFN3O. The van der Waals surface area contributed by atoms with Crippen LogP contribution in [-0.4, -0.2) is 10.2 Å². The van der Waals surface area contributed by atoms with E-state index in [4.69, 9.17) is 11.6 Å². The summed E-state index contributed by atoms with van der Waals surface area (Å²) in [6, 6.07) is 4.79. The Morgan fingerprint density at radius 2 is 2.21 bits per heavy atom. The number of aromatic amines is 1. The van der Waals surface area contributed by atoms with Gasteiger partial charge < -0.3 is 5.32 Å². The maximum Gasteiger partial charge on any atom is 0.285 e. The molecule has 100 valence electrons. The standard InChI is InChI=1S/C13H13ClFN3O/c1-7-3-4-9(5-10(7)15)8(2)17-11-6-16-18-13(19)12(11)14/h3-6,8H,1-2H3,(H2,17,18,19). The highest BCUT2D eigenvalue weighted by Crippen LogP contribution is 2.23. The summed E-state index contributed by atoms with van der Waals surface area (Å²) in [7, 11) is 0. The van der Waals surface area contributed by atoms with Crippen LogP contribution in [-0.2, 0) is 0 Å². The number of halogens is 2. The summed E-state index contributed by atoms with van der Waals surface area (Å²) < 4.78 is 13.5. The Kier molecular flexibility index (Phi) is 3.85. The number of nitrogens with zero attached hydrogens (tertiary/aromatic N) is 1. The van der Waals surface area contributed by atoms with Crippen molar-refractivity contribution in [2.45, 2.75) is 19.9 Å². The first kappa shape index (κ1) is 13.5. The zero-order chi connectivity index (χ0) is 14.0. The van der Waals surface area contributed by atoms with E-state index in [2.05, 4.69) is 15.5 Å². The van der Waals surface area contributed by atoms with E-state index < -0.39 is 5.56 Å². The van der Waals surface area contributed by atoms with Crippen molar-refractivity contribution >= 4 is 17.3 Å². The molecule has 19 heavy (non-hydrogen) atoms. The van der Waals surface area contributed by atoms with Gasteiger partial charge in [-0.3, -0.25) is 4.79 Å². The Bertz CT molecular complexity index is 657. The molecule has 1 unspecified atom stereocenters. The predicted molar refractivity (Wildman–Crippen MR) is 73.0 cm³/mol. The van der Waals surface area contributed by atoms with Crippen LogP contribution in [0, 0.1) is 12.7 Å². The molecule has 1 heterocycles. The molecule has 0 amide bonds. The zero-order valence-corrected chi connectivity index (χ0v) is 11.3. The Labute approximate surface area is 114 Å². The molecule has 0 bridgehead atoms. The Hall–Kier alpha value is -1.88. The molecule has 0 aliphatic carbocycles. The quantitative estimate of drug-likeness (QED) is 0.909. The normalized spacial score (nSPS) is 12.2. The van der Waals surface area contributed by atoms with Crippen molar-refractivity contribution in [1.82, 2.24) is 10.2 Å². The largest absolute Gasteiger partial charge is 0.376 e. The number of aryl methyl sites for hydroxylation is 1. The molecule has 0 saturated carbocycles. The third-order valence-corrected chi connectivity index (χ3v) is 3.24. The number of hydrogen-bond acceptors (Lipinski definition) is 3. The highest BCUT2D eigenvalue weighted by atomic mass is 35.5. The maximum absolute atomic E-state index is 13.5. The van der Waals surface area contributed by atoms with Gasteiger partial charge in [0.1, 0.15) is 10.8 Å². The minimum absolute atomic E-state index is 0.0365. The fraction of sp³-hybridized carbons (Fsp3) is 0.231. The van der Waals surface area contributed by atoms with Crippen molar-refractivity contribution in [3.63, 3.8) is 0 Å². The van der Waals surface area contributed by atoms with Crippen molar-refractivity contribution in [2.24, 2.45) is 0 Å². The second-order valence-corrected chi connectivity index (χ2v) is 4.68. The third-order valence-electron chi connectivity index (χ3n) is 2.86. The Morgan fingerprint density at radius 3 is 2.89 bits per heavy atom. The van der Waals surface area contributed by atoms with E-state index in [1.807, 2.05) is 13.0 Å². The van der Waals surface area contributed by atoms with Gasteiger partial charge in [0.25, 0.3) is 5.56 Å². The van der Waals surface area contributed by atoms with Gasteiger partial charge in [0.15, 0.2) is 0 Å². The molecule has 1 aromatic carbocycles. The van der Waals surface area contributed by atoms with Gasteiger partial charge in [-0.2, -0.15) is 5.10 Å². The van der Waals surface area contributed by atoms with E-state index in [1.165, 1.54) is 12.3 Å². The molecule has 1 atom stereocenters. The van der Waals surface area contributed by atoms with Crippen LogP contribution in [0.5, 0.6) is 0 Å². The third kappa shape index (κ3) is 2.93. The van der Waals surface area contributed by atoms with Gasteiger partial charge in [-0.1, -0.05) is 23.7 Å². The van der Waals surface area contributed by atoms with Crippen LogP contribution in [0.15, 0.2) is 29.2 Å². The Balaban J connectivity index is 2.25. The van der Waals surface area contributed by atoms with Crippen LogP contribution in [0.3, 0.4) is 0 Å². The molecule has 2 aromatic rings. The molecule has 0 aliphatic rings. The number of rotatable bonds is 3. The first-order chi connectivity index (χ1) is 8.99. The van der Waals surface area contributed by atoms with Crippen molar-refractivity contribution in [1.29, 1.82) is 0 Å². The van der Waals surface area contributed by atoms with Crippen LogP contribution in [0.2, 0.25) is 5.02 Å². The van der Waals surface area contributed by atoms with Crippen LogP contribution < -0.4 is 10.9 Å². The summed E-state index contributed by atoms with van der Waals surface area (Å²) in [5.74, 6) is -0.263. The fourth-order valence-electron chi connectivity index (χ4n) is 1.68. The van der Waals surface area contributed by atoms with E-state index in [0.717, 1.165) is 5.56 Å². The van der Waals surface area contributed by atoms with Crippen LogP contribution >= 0.6 is 11.6 Å². The summed E-state index contributed by atoms with van der Waals surface area (Å²) in [4.78, 5) is 11.3. The van der Waals surface area contributed by atoms with Gasteiger partial charge in [0.2, 0.25) is 0 Å². The number of benzene rings is 1. The van der Waals surface area contributed by atoms with Crippen LogP contribution in [0.25, 0.3) is 0 Å². The zero-order valence-electron chi connectivity index (χ0n) is 10.5. The lowest BCUT2D eigenvalue weighted by Crippen LogP contribution is -2.14. The molecule has 1 aromatic heterocycles. The molecule has 6 heteroatoms. The maximum atomic E-state index is 13.5. The van der Waals surface area contributed by atoms with Crippen molar-refractivity contribution < 1.29 is 4.39 Å². The van der Waals surface area contributed by atoms with Crippen molar-refractivity contribution in [3.8, 4) is 0 Å². The van der Waals surface area contributed by atoms with Gasteiger partial charge in [-0.25, -0.2) is 9.49 Å². The fourth-order valence-corrected chi connectivity index (χ4v) is 1.82. The SMILES string of the molecule is Cc1ccc(C(C)Nc2cn[nH]c(=O)c2Cl)cc1F. The monoisotopic (exact) mass is 281 g/mol. The second-order valence-electron chi connectivity index (χ2n) is 4.30. The first-order valence-electron chi connectivity index (χ1n) is 5.75. The summed E-state index contributed by atoms with van der Waals surface area (Å²) in [6.07, 6.45) is 1.42. The van der Waals surface area contributed by atoms with E-state index in [1.54, 1.807) is 13.0 Å². The number of hydrogen-bond donors (Lipinski definition) is 2. The van der Waals surface area contributed by atoms with E-state index >= 15 is 0 Å². The van der Waals surface area contributed by atoms with Crippen molar-refractivity contribution in [2.75, 3.05) is 5.32 Å². The first-order valence-corrected chi connectivity index (χ1v) is 6.12. The van der Waals surface area contributed by atoms with E-state index in [0.29, 0.717) is 11.3 Å². The summed E-state index contributed by atoms with van der Waals surface area (Å²) in [5.41, 5.74) is 1.30. The minimum atomic E-state index is -0.464. The summed E-state index contributed by atoms with van der Waals surface area (Å²) >= 11 is 5.86. The lowest BCUT2D eigenvalue weighted by atomic mass is 10.1. The summed E-state index contributed by atoms with van der Waals surface area (Å²) in [5, 5.41) is 8.97. The van der Waals surface area contributed by atoms with E-state index in [9.17, 15) is 9.18 Å². The number of H-pyrrole nitrogens is 1. The lowest BCUT2D eigenvalue weighted by molar-refractivity contribution is 0.614. The van der Waals surface area contributed by atoms with Gasteiger partial charge in [0.05, 0.1) is 11.9 Å². The average molecular weight is 282 g/mol. The molecule has 2 N–H and O–H groups in total.